The second kappa shape index (κ2) is 6.58. The van der Waals surface area contributed by atoms with Crippen LogP contribution in [0.25, 0.3) is 0 Å². The van der Waals surface area contributed by atoms with Gasteiger partial charge < -0.3 is 9.84 Å². The van der Waals surface area contributed by atoms with Crippen LogP contribution in [-0.2, 0) is 4.74 Å². The molecule has 2 aliphatic heterocycles. The molecule has 3 nitrogen and oxygen atoms in total. The highest BCUT2D eigenvalue weighted by molar-refractivity contribution is 5.26. The van der Waals surface area contributed by atoms with Gasteiger partial charge in [-0.15, -0.1) is 0 Å². The summed E-state index contributed by atoms with van der Waals surface area (Å²) in [4.78, 5) is 0. The second-order valence-electron chi connectivity index (χ2n) is 12.8. The van der Waals surface area contributed by atoms with Crippen molar-refractivity contribution in [2.75, 3.05) is 6.54 Å². The molecule has 2 N–H and O–H groups in total. The van der Waals surface area contributed by atoms with Crippen molar-refractivity contribution in [3.8, 4) is 0 Å². The number of aliphatic hydroxyl groups is 1. The van der Waals surface area contributed by atoms with Gasteiger partial charge in [0, 0.05) is 12.5 Å². The summed E-state index contributed by atoms with van der Waals surface area (Å²) in [7, 11) is 0. The van der Waals surface area contributed by atoms with Crippen molar-refractivity contribution in [1.82, 2.24) is 5.32 Å². The SMILES string of the molecule is CC1CC[C@]2(NC1)O[C@@H]1C[C@@H]3[C@H]4CC=C5CC(O)CCC5(C)C4CCC3(C)[C@@H]1[C@H]2C. The summed E-state index contributed by atoms with van der Waals surface area (Å²) in [5.41, 5.74) is 2.33. The lowest BCUT2D eigenvalue weighted by atomic mass is 9.47. The Morgan fingerprint density at radius 2 is 1.90 bits per heavy atom. The topological polar surface area (TPSA) is 41.5 Å². The molecular weight excluding hydrogens is 370 g/mol. The van der Waals surface area contributed by atoms with Gasteiger partial charge in [0.05, 0.1) is 12.2 Å². The van der Waals surface area contributed by atoms with Gasteiger partial charge in [-0.3, -0.25) is 5.32 Å². The molecule has 6 rings (SSSR count). The average Bonchev–Trinajstić information content (AvgIpc) is 3.16. The molecule has 5 unspecified atom stereocenters. The fourth-order valence-corrected chi connectivity index (χ4v) is 9.84. The zero-order chi connectivity index (χ0) is 20.9. The van der Waals surface area contributed by atoms with Crippen molar-refractivity contribution < 1.29 is 9.84 Å². The average molecular weight is 414 g/mol. The maximum atomic E-state index is 10.3. The minimum Gasteiger partial charge on any atom is -0.393 e. The van der Waals surface area contributed by atoms with Crippen molar-refractivity contribution in [3.63, 3.8) is 0 Å². The van der Waals surface area contributed by atoms with Crippen LogP contribution in [0.3, 0.4) is 0 Å². The van der Waals surface area contributed by atoms with E-state index in [4.69, 9.17) is 4.74 Å². The highest BCUT2D eigenvalue weighted by Crippen LogP contribution is 2.70. The Hall–Kier alpha value is -0.380. The van der Waals surface area contributed by atoms with Crippen molar-refractivity contribution in [1.29, 1.82) is 0 Å². The smallest absolute Gasteiger partial charge is 0.122 e. The number of rotatable bonds is 0. The molecule has 4 aliphatic carbocycles. The van der Waals surface area contributed by atoms with Crippen LogP contribution >= 0.6 is 0 Å². The number of allylic oxidation sites excluding steroid dienone is 1. The highest BCUT2D eigenvalue weighted by Gasteiger charge is 2.68. The molecule has 0 aromatic heterocycles. The molecule has 6 aliphatic rings. The number of aliphatic hydroxyl groups excluding tert-OH is 1. The van der Waals surface area contributed by atoms with E-state index in [1.54, 1.807) is 5.57 Å². The fourth-order valence-electron chi connectivity index (χ4n) is 9.84. The van der Waals surface area contributed by atoms with Gasteiger partial charge in [0.1, 0.15) is 5.72 Å². The predicted molar refractivity (Wildman–Crippen MR) is 120 cm³/mol. The molecule has 3 heteroatoms. The van der Waals surface area contributed by atoms with Crippen LogP contribution in [0.4, 0.5) is 0 Å². The van der Waals surface area contributed by atoms with E-state index >= 15 is 0 Å². The van der Waals surface area contributed by atoms with Gasteiger partial charge in [-0.2, -0.15) is 0 Å². The Morgan fingerprint density at radius 3 is 2.67 bits per heavy atom. The molecule has 3 saturated carbocycles. The molecule has 0 aromatic rings. The Morgan fingerprint density at radius 1 is 1.07 bits per heavy atom. The largest absolute Gasteiger partial charge is 0.393 e. The molecule has 0 bridgehead atoms. The molecule has 1 spiro atoms. The number of fused-ring (bicyclic) bond motifs is 7. The standard InChI is InChI=1S/C27H43NO2/c1-16-7-12-27(28-15-16)17(2)24-23(30-27)14-22-20-6-5-18-13-19(29)8-10-25(18,3)21(20)9-11-26(22,24)4/h5,16-17,19-24,28-29H,6-15H2,1-4H3/t16?,17-,19?,20+,21?,22-,23-,24-,25?,26?,27+/m1/s1. The summed E-state index contributed by atoms with van der Waals surface area (Å²) >= 11 is 0. The minimum atomic E-state index is -0.100. The first kappa shape index (κ1) is 20.2. The van der Waals surface area contributed by atoms with E-state index in [0.29, 0.717) is 22.9 Å². The lowest BCUT2D eigenvalue weighted by Gasteiger charge is -2.58. The van der Waals surface area contributed by atoms with Gasteiger partial charge in [-0.05, 0) is 98.2 Å². The Kier molecular flexibility index (Phi) is 4.44. The lowest BCUT2D eigenvalue weighted by molar-refractivity contribution is -0.115. The van der Waals surface area contributed by atoms with Crippen molar-refractivity contribution >= 4 is 0 Å². The summed E-state index contributed by atoms with van der Waals surface area (Å²) in [6.07, 6.45) is 13.8. The van der Waals surface area contributed by atoms with E-state index in [1.807, 2.05) is 0 Å². The van der Waals surface area contributed by atoms with Crippen LogP contribution < -0.4 is 5.32 Å². The van der Waals surface area contributed by atoms with E-state index in [-0.39, 0.29) is 11.8 Å². The second-order valence-corrected chi connectivity index (χ2v) is 12.8. The first-order chi connectivity index (χ1) is 14.3. The maximum Gasteiger partial charge on any atom is 0.122 e. The van der Waals surface area contributed by atoms with Gasteiger partial charge in [0.2, 0.25) is 0 Å². The van der Waals surface area contributed by atoms with E-state index in [2.05, 4.69) is 39.1 Å². The third-order valence-corrected chi connectivity index (χ3v) is 11.6. The molecule has 2 saturated heterocycles. The van der Waals surface area contributed by atoms with E-state index in [9.17, 15) is 5.11 Å². The summed E-state index contributed by atoms with van der Waals surface area (Å²) < 4.78 is 7.00. The number of ether oxygens (including phenoxy) is 1. The normalized spacial score (nSPS) is 59.8. The molecule has 0 amide bonds. The summed E-state index contributed by atoms with van der Waals surface area (Å²) in [6.45, 7) is 11.2. The molecule has 5 fully saturated rings. The van der Waals surface area contributed by atoms with Crippen LogP contribution in [0.1, 0.15) is 85.5 Å². The number of hydrogen-bond donors (Lipinski definition) is 2. The van der Waals surface area contributed by atoms with Crippen molar-refractivity contribution in [3.05, 3.63) is 11.6 Å². The van der Waals surface area contributed by atoms with Gasteiger partial charge in [-0.25, -0.2) is 0 Å². The van der Waals surface area contributed by atoms with Crippen LogP contribution in [-0.4, -0.2) is 29.6 Å². The van der Waals surface area contributed by atoms with Crippen LogP contribution in [0.5, 0.6) is 0 Å². The third-order valence-electron chi connectivity index (χ3n) is 11.6. The Labute approximate surface area is 183 Å². The quantitative estimate of drug-likeness (QED) is 0.530. The Bertz CT molecular complexity index is 739. The first-order valence-corrected chi connectivity index (χ1v) is 13.1. The zero-order valence-electron chi connectivity index (χ0n) is 19.6. The molecule has 0 radical (unpaired) electrons. The third kappa shape index (κ3) is 2.55. The number of nitrogens with one attached hydrogen (secondary N) is 1. The van der Waals surface area contributed by atoms with Gasteiger partial charge in [-0.1, -0.05) is 39.3 Å². The molecule has 30 heavy (non-hydrogen) atoms. The van der Waals surface area contributed by atoms with Crippen LogP contribution in [0.2, 0.25) is 0 Å². The summed E-state index contributed by atoms with van der Waals surface area (Å²) in [5, 5.41) is 14.1. The van der Waals surface area contributed by atoms with Crippen LogP contribution in [0.15, 0.2) is 11.6 Å². The lowest BCUT2D eigenvalue weighted by Crippen LogP contribution is -2.57. The number of hydrogen-bond acceptors (Lipinski definition) is 3. The Balaban J connectivity index is 1.28. The molecular formula is C27H43NO2. The van der Waals surface area contributed by atoms with Crippen molar-refractivity contribution in [2.24, 2.45) is 46.3 Å². The molecule has 11 atom stereocenters. The van der Waals surface area contributed by atoms with Gasteiger partial charge in [0.15, 0.2) is 0 Å². The summed E-state index contributed by atoms with van der Waals surface area (Å²) in [5.74, 6) is 4.58. The molecule has 0 aromatic carbocycles. The predicted octanol–water partition coefficient (Wildman–Crippen LogP) is 5.29. The van der Waals surface area contributed by atoms with Crippen molar-refractivity contribution in [2.45, 2.75) is 103 Å². The number of piperidine rings is 1. The first-order valence-electron chi connectivity index (χ1n) is 13.1. The van der Waals surface area contributed by atoms with Gasteiger partial charge >= 0.3 is 0 Å². The molecule has 168 valence electrons. The van der Waals surface area contributed by atoms with Gasteiger partial charge in [0.25, 0.3) is 0 Å². The molecule has 2 heterocycles. The zero-order valence-corrected chi connectivity index (χ0v) is 19.6. The minimum absolute atomic E-state index is 0.0439. The van der Waals surface area contributed by atoms with E-state index in [0.717, 1.165) is 49.0 Å². The van der Waals surface area contributed by atoms with E-state index < -0.39 is 0 Å². The maximum absolute atomic E-state index is 10.3. The monoisotopic (exact) mass is 413 g/mol. The highest BCUT2D eigenvalue weighted by atomic mass is 16.5. The van der Waals surface area contributed by atoms with Crippen LogP contribution in [0, 0.1) is 46.3 Å². The van der Waals surface area contributed by atoms with E-state index in [1.165, 1.54) is 44.9 Å². The fraction of sp³-hybridized carbons (Fsp3) is 0.926. The summed E-state index contributed by atoms with van der Waals surface area (Å²) in [6, 6.07) is 0.